The number of amides is 1. The van der Waals surface area contributed by atoms with Gasteiger partial charge in [0.2, 0.25) is 0 Å². The fourth-order valence-electron chi connectivity index (χ4n) is 2.40. The Morgan fingerprint density at radius 2 is 1.95 bits per heavy atom. The molecule has 22 heavy (non-hydrogen) atoms. The first kappa shape index (κ1) is 16.1. The first-order chi connectivity index (χ1) is 10.7. The van der Waals surface area contributed by atoms with Crippen LogP contribution in [0.2, 0.25) is 0 Å². The summed E-state index contributed by atoms with van der Waals surface area (Å²) in [6, 6.07) is 11.7. The van der Waals surface area contributed by atoms with Crippen molar-refractivity contribution in [2.75, 3.05) is 32.7 Å². The number of carbonyl (C=O) groups excluding carboxylic acids is 1. The first-order valence-electron chi connectivity index (χ1n) is 7.63. The molecule has 0 spiro atoms. The molecule has 0 atom stereocenters. The maximum absolute atomic E-state index is 12.1. The molecule has 0 aromatic heterocycles. The molecule has 1 aliphatic heterocycles. The molecule has 1 aromatic carbocycles. The van der Waals surface area contributed by atoms with Crippen LogP contribution in [0, 0.1) is 11.3 Å². The van der Waals surface area contributed by atoms with E-state index in [0.717, 1.165) is 38.3 Å². The Morgan fingerprint density at radius 3 is 2.55 bits per heavy atom. The summed E-state index contributed by atoms with van der Waals surface area (Å²) < 4.78 is 0. The van der Waals surface area contributed by atoms with Crippen LogP contribution in [0.25, 0.3) is 0 Å². The number of rotatable bonds is 5. The third-order valence-electron chi connectivity index (χ3n) is 3.83. The normalized spacial score (nSPS) is 16.2. The van der Waals surface area contributed by atoms with Gasteiger partial charge in [0.25, 0.3) is 5.91 Å². The molecule has 1 aromatic rings. The highest BCUT2D eigenvalue weighted by atomic mass is 16.1. The van der Waals surface area contributed by atoms with Crippen LogP contribution in [-0.4, -0.2) is 48.4 Å². The van der Waals surface area contributed by atoms with E-state index >= 15 is 0 Å². The summed E-state index contributed by atoms with van der Waals surface area (Å²) in [6.07, 6.45) is 1.69. The minimum absolute atomic E-state index is 0.167. The molecule has 1 amide bonds. The fraction of sp³-hybridized carbons (Fsp3) is 0.412. The average molecular weight is 298 g/mol. The van der Waals surface area contributed by atoms with E-state index in [0.29, 0.717) is 6.54 Å². The topological polar surface area (TPSA) is 59.4 Å². The van der Waals surface area contributed by atoms with E-state index < -0.39 is 0 Å². The van der Waals surface area contributed by atoms with Gasteiger partial charge < -0.3 is 15.1 Å². The Hall–Kier alpha value is -2.32. The minimum Gasteiger partial charge on any atom is -0.374 e. The molecule has 1 fully saturated rings. The molecule has 0 unspecified atom stereocenters. The van der Waals surface area contributed by atoms with Crippen molar-refractivity contribution in [3.8, 4) is 6.07 Å². The lowest BCUT2D eigenvalue weighted by atomic mass is 10.2. The summed E-state index contributed by atoms with van der Waals surface area (Å²) in [5.74, 6) is -0.315. The fourth-order valence-corrected chi connectivity index (χ4v) is 2.40. The van der Waals surface area contributed by atoms with Gasteiger partial charge in [0, 0.05) is 38.9 Å². The summed E-state index contributed by atoms with van der Waals surface area (Å²) in [5, 5.41) is 12.0. The molecule has 0 radical (unpaired) electrons. The molecular formula is C17H22N4O. The van der Waals surface area contributed by atoms with E-state index in [2.05, 4.69) is 17.1 Å². The molecular weight excluding hydrogens is 276 g/mol. The number of carbonyl (C=O) groups is 1. The highest BCUT2D eigenvalue weighted by molar-refractivity contribution is 5.97. The van der Waals surface area contributed by atoms with Crippen LogP contribution in [0.5, 0.6) is 0 Å². The maximum Gasteiger partial charge on any atom is 0.263 e. The highest BCUT2D eigenvalue weighted by Crippen LogP contribution is 2.05. The summed E-state index contributed by atoms with van der Waals surface area (Å²) in [4.78, 5) is 16.5. The number of likely N-dealkylation sites (N-methyl/N-ethyl adjacent to an activating group) is 1. The van der Waals surface area contributed by atoms with Crippen molar-refractivity contribution in [2.45, 2.75) is 13.5 Å². The van der Waals surface area contributed by atoms with Gasteiger partial charge in [0.15, 0.2) is 0 Å². The highest BCUT2D eigenvalue weighted by Gasteiger charge is 2.16. The standard InChI is InChI=1S/C17H22N4O/c1-2-20-8-10-21(11-9-20)14-16(12-18)17(22)19-13-15-6-4-3-5-7-15/h3-7,14H,2,8-11,13H2,1H3,(H,19,22)/b16-14-. The zero-order valence-electron chi connectivity index (χ0n) is 13.0. The average Bonchev–Trinajstić information content (AvgIpc) is 2.59. The summed E-state index contributed by atoms with van der Waals surface area (Å²) in [5.41, 5.74) is 1.19. The number of benzene rings is 1. The van der Waals surface area contributed by atoms with E-state index in [1.807, 2.05) is 41.3 Å². The van der Waals surface area contributed by atoms with Gasteiger partial charge in [-0.25, -0.2) is 0 Å². The Morgan fingerprint density at radius 1 is 1.27 bits per heavy atom. The molecule has 1 heterocycles. The number of hydrogen-bond acceptors (Lipinski definition) is 4. The molecule has 0 aliphatic carbocycles. The molecule has 2 rings (SSSR count). The third-order valence-corrected chi connectivity index (χ3v) is 3.83. The van der Waals surface area contributed by atoms with E-state index in [-0.39, 0.29) is 11.5 Å². The smallest absolute Gasteiger partial charge is 0.263 e. The number of nitriles is 1. The largest absolute Gasteiger partial charge is 0.374 e. The molecule has 0 bridgehead atoms. The first-order valence-corrected chi connectivity index (χ1v) is 7.63. The lowest BCUT2D eigenvalue weighted by molar-refractivity contribution is -0.117. The SMILES string of the molecule is CCN1CCN(/C=C(/C#N)C(=O)NCc2ccccc2)CC1. The zero-order chi connectivity index (χ0) is 15.8. The van der Waals surface area contributed by atoms with Crippen LogP contribution >= 0.6 is 0 Å². The number of nitrogens with one attached hydrogen (secondary N) is 1. The van der Waals surface area contributed by atoms with E-state index in [4.69, 9.17) is 0 Å². The van der Waals surface area contributed by atoms with Crippen molar-refractivity contribution in [1.82, 2.24) is 15.1 Å². The van der Waals surface area contributed by atoms with Crippen molar-refractivity contribution < 1.29 is 4.79 Å². The summed E-state index contributed by atoms with van der Waals surface area (Å²) >= 11 is 0. The van der Waals surface area contributed by atoms with Crippen molar-refractivity contribution in [2.24, 2.45) is 0 Å². The van der Waals surface area contributed by atoms with Crippen molar-refractivity contribution >= 4 is 5.91 Å². The Labute approximate surface area is 131 Å². The van der Waals surface area contributed by atoms with Gasteiger partial charge in [0.05, 0.1) is 0 Å². The molecule has 116 valence electrons. The Kier molecular flexibility index (Phi) is 5.99. The van der Waals surface area contributed by atoms with Gasteiger partial charge in [0.1, 0.15) is 11.6 Å². The lowest BCUT2D eigenvalue weighted by Gasteiger charge is -2.33. The summed E-state index contributed by atoms with van der Waals surface area (Å²) in [7, 11) is 0. The van der Waals surface area contributed by atoms with Gasteiger partial charge >= 0.3 is 0 Å². The van der Waals surface area contributed by atoms with Crippen LogP contribution < -0.4 is 5.32 Å². The van der Waals surface area contributed by atoms with E-state index in [1.165, 1.54) is 0 Å². The number of hydrogen-bond donors (Lipinski definition) is 1. The monoisotopic (exact) mass is 298 g/mol. The molecule has 5 heteroatoms. The quantitative estimate of drug-likeness (QED) is 0.658. The van der Waals surface area contributed by atoms with Crippen LogP contribution in [0.15, 0.2) is 42.1 Å². The van der Waals surface area contributed by atoms with Gasteiger partial charge in [-0.3, -0.25) is 4.79 Å². The maximum atomic E-state index is 12.1. The molecule has 5 nitrogen and oxygen atoms in total. The second-order valence-corrected chi connectivity index (χ2v) is 5.29. The van der Waals surface area contributed by atoms with Gasteiger partial charge in [-0.05, 0) is 12.1 Å². The Bertz CT molecular complexity index is 554. The second-order valence-electron chi connectivity index (χ2n) is 5.29. The number of piperazine rings is 1. The van der Waals surface area contributed by atoms with Crippen molar-refractivity contribution in [1.29, 1.82) is 5.26 Å². The van der Waals surface area contributed by atoms with Gasteiger partial charge in [-0.2, -0.15) is 5.26 Å². The third kappa shape index (κ3) is 4.61. The molecule has 1 N–H and O–H groups in total. The van der Waals surface area contributed by atoms with Crippen LogP contribution in [-0.2, 0) is 11.3 Å². The Balaban J connectivity index is 1.89. The van der Waals surface area contributed by atoms with Crippen LogP contribution in [0.1, 0.15) is 12.5 Å². The van der Waals surface area contributed by atoms with E-state index in [1.54, 1.807) is 6.20 Å². The van der Waals surface area contributed by atoms with Crippen LogP contribution in [0.4, 0.5) is 0 Å². The zero-order valence-corrected chi connectivity index (χ0v) is 13.0. The number of nitrogens with zero attached hydrogens (tertiary/aromatic N) is 3. The molecule has 1 aliphatic rings. The van der Waals surface area contributed by atoms with Crippen molar-refractivity contribution in [3.63, 3.8) is 0 Å². The summed E-state index contributed by atoms with van der Waals surface area (Å²) in [6.45, 7) is 7.26. The minimum atomic E-state index is -0.315. The predicted octanol–water partition coefficient (Wildman–Crippen LogP) is 1.35. The molecule has 0 saturated carbocycles. The lowest BCUT2D eigenvalue weighted by Crippen LogP contribution is -2.44. The molecule has 1 saturated heterocycles. The van der Waals surface area contributed by atoms with E-state index in [9.17, 15) is 10.1 Å². The van der Waals surface area contributed by atoms with Crippen LogP contribution in [0.3, 0.4) is 0 Å². The van der Waals surface area contributed by atoms with Gasteiger partial charge in [-0.15, -0.1) is 0 Å². The predicted molar refractivity (Wildman–Crippen MR) is 85.7 cm³/mol. The van der Waals surface area contributed by atoms with Gasteiger partial charge in [-0.1, -0.05) is 37.3 Å². The second kappa shape index (κ2) is 8.20. The van der Waals surface area contributed by atoms with Crippen molar-refractivity contribution in [3.05, 3.63) is 47.7 Å².